The minimum absolute atomic E-state index is 0.0267. The van der Waals surface area contributed by atoms with Gasteiger partial charge in [-0.25, -0.2) is 4.39 Å². The van der Waals surface area contributed by atoms with Gasteiger partial charge in [-0.1, -0.05) is 54.6 Å². The van der Waals surface area contributed by atoms with Gasteiger partial charge >= 0.3 is 0 Å². The largest absolute Gasteiger partial charge is 0.331 e. The molecule has 5 heteroatoms. The fraction of sp³-hybridized carbons (Fsp3) is 0.355. The lowest BCUT2D eigenvalue weighted by atomic mass is 9.70. The summed E-state index contributed by atoms with van der Waals surface area (Å²) in [5.41, 5.74) is 3.74. The second kappa shape index (κ2) is 10.4. The van der Waals surface area contributed by atoms with Gasteiger partial charge in [-0.15, -0.1) is 0 Å². The average Bonchev–Trinajstić information content (AvgIpc) is 2.92. The summed E-state index contributed by atoms with van der Waals surface area (Å²) in [6.07, 6.45) is 3.27. The fourth-order valence-electron chi connectivity index (χ4n) is 6.03. The minimum Gasteiger partial charge on any atom is -0.331 e. The molecule has 0 bridgehead atoms. The second-order valence-electron chi connectivity index (χ2n) is 10.1. The fourth-order valence-corrected chi connectivity index (χ4v) is 6.03. The van der Waals surface area contributed by atoms with Crippen LogP contribution in [-0.4, -0.2) is 47.7 Å². The number of piperidine rings is 1. The average molecular weight is 485 g/mol. The van der Waals surface area contributed by atoms with Crippen LogP contribution < -0.4 is 0 Å². The number of carbonyl (C=O) groups is 2. The van der Waals surface area contributed by atoms with Gasteiger partial charge in [-0.3, -0.25) is 9.59 Å². The van der Waals surface area contributed by atoms with Crippen molar-refractivity contribution in [1.29, 1.82) is 0 Å². The zero-order valence-electron chi connectivity index (χ0n) is 20.8. The molecule has 1 atom stereocenters. The summed E-state index contributed by atoms with van der Waals surface area (Å²) in [5.74, 6) is -0.146. The van der Waals surface area contributed by atoms with Crippen molar-refractivity contribution in [1.82, 2.24) is 9.80 Å². The summed E-state index contributed by atoms with van der Waals surface area (Å²) in [4.78, 5) is 30.6. The smallest absolute Gasteiger partial charge is 0.254 e. The van der Waals surface area contributed by atoms with Gasteiger partial charge in [-0.05, 0) is 86.7 Å². The summed E-state index contributed by atoms with van der Waals surface area (Å²) in [6.45, 7) is 4.94. The molecule has 0 aromatic heterocycles. The maximum absolute atomic E-state index is 13.5. The Balaban J connectivity index is 1.31. The molecule has 36 heavy (non-hydrogen) atoms. The Morgan fingerprint density at radius 3 is 2.25 bits per heavy atom. The van der Waals surface area contributed by atoms with Crippen LogP contribution in [0.4, 0.5) is 4.39 Å². The van der Waals surface area contributed by atoms with E-state index in [-0.39, 0.29) is 23.5 Å². The van der Waals surface area contributed by atoms with Gasteiger partial charge in [0, 0.05) is 18.7 Å². The molecule has 0 saturated carbocycles. The van der Waals surface area contributed by atoms with Crippen molar-refractivity contribution in [3.63, 3.8) is 0 Å². The van der Waals surface area contributed by atoms with E-state index in [9.17, 15) is 14.0 Å². The van der Waals surface area contributed by atoms with Crippen LogP contribution in [0.1, 0.15) is 59.3 Å². The first-order valence-electron chi connectivity index (χ1n) is 12.9. The molecule has 1 unspecified atom stereocenters. The van der Waals surface area contributed by atoms with Crippen LogP contribution in [-0.2, 0) is 16.6 Å². The van der Waals surface area contributed by atoms with Crippen molar-refractivity contribution in [3.05, 3.63) is 107 Å². The normalized spacial score (nSPS) is 19.5. The molecule has 1 amide bonds. The number of halogens is 1. The van der Waals surface area contributed by atoms with Crippen molar-refractivity contribution in [2.45, 2.75) is 44.1 Å². The number of carbonyl (C=O) groups excluding carboxylic acids is 2. The molecule has 186 valence electrons. The lowest BCUT2D eigenvalue weighted by Gasteiger charge is -2.42. The van der Waals surface area contributed by atoms with Crippen LogP contribution in [0.3, 0.4) is 0 Å². The van der Waals surface area contributed by atoms with Gasteiger partial charge in [0.05, 0.1) is 11.5 Å². The van der Waals surface area contributed by atoms with Gasteiger partial charge in [0.1, 0.15) is 11.6 Å². The zero-order valence-corrected chi connectivity index (χ0v) is 20.8. The predicted molar refractivity (Wildman–Crippen MR) is 139 cm³/mol. The predicted octanol–water partition coefficient (Wildman–Crippen LogP) is 5.58. The maximum Gasteiger partial charge on any atom is 0.254 e. The van der Waals surface area contributed by atoms with E-state index < -0.39 is 5.41 Å². The summed E-state index contributed by atoms with van der Waals surface area (Å²) in [7, 11) is 0. The van der Waals surface area contributed by atoms with Crippen LogP contribution in [0.2, 0.25) is 0 Å². The molecule has 2 heterocycles. The first-order valence-corrected chi connectivity index (χ1v) is 12.9. The Morgan fingerprint density at radius 2 is 1.56 bits per heavy atom. The summed E-state index contributed by atoms with van der Waals surface area (Å²) < 4.78 is 13.5. The lowest BCUT2D eigenvalue weighted by Crippen LogP contribution is -2.47. The van der Waals surface area contributed by atoms with E-state index in [0.717, 1.165) is 50.9 Å². The minimum atomic E-state index is -0.403. The number of nitrogens with zero attached hydrogens (tertiary/aromatic N) is 2. The van der Waals surface area contributed by atoms with E-state index in [1.807, 2.05) is 29.2 Å². The van der Waals surface area contributed by atoms with Crippen LogP contribution >= 0.6 is 0 Å². The highest BCUT2D eigenvalue weighted by atomic mass is 19.1. The number of Topliss-reactive ketones (excluding diaryl/α,β-unsaturated/α-hetero) is 1. The quantitative estimate of drug-likeness (QED) is 0.459. The third-order valence-electron chi connectivity index (χ3n) is 8.19. The van der Waals surface area contributed by atoms with Crippen molar-refractivity contribution >= 4 is 11.7 Å². The Bertz CT molecular complexity index is 1220. The van der Waals surface area contributed by atoms with Crippen LogP contribution in [0, 0.1) is 5.82 Å². The van der Waals surface area contributed by atoms with Gasteiger partial charge in [-0.2, -0.15) is 0 Å². The van der Waals surface area contributed by atoms with Crippen molar-refractivity contribution in [2.75, 3.05) is 26.2 Å². The van der Waals surface area contributed by atoms with Crippen LogP contribution in [0.15, 0.2) is 78.9 Å². The van der Waals surface area contributed by atoms with Gasteiger partial charge < -0.3 is 9.80 Å². The number of fused-ring (bicyclic) bond motifs is 1. The molecule has 1 fully saturated rings. The van der Waals surface area contributed by atoms with E-state index in [4.69, 9.17) is 0 Å². The summed E-state index contributed by atoms with van der Waals surface area (Å²) >= 11 is 0. The van der Waals surface area contributed by atoms with Crippen molar-refractivity contribution in [2.24, 2.45) is 0 Å². The molecule has 0 aliphatic carbocycles. The molecule has 5 rings (SSSR count). The molecule has 0 N–H and O–H groups in total. The van der Waals surface area contributed by atoms with Gasteiger partial charge in [0.25, 0.3) is 5.91 Å². The Morgan fingerprint density at radius 1 is 0.889 bits per heavy atom. The summed E-state index contributed by atoms with van der Waals surface area (Å²) in [6, 6.07) is 24.4. The second-order valence-corrected chi connectivity index (χ2v) is 10.1. The molecule has 1 saturated heterocycles. The van der Waals surface area contributed by atoms with E-state index in [1.54, 1.807) is 19.1 Å². The Kier molecular flexibility index (Phi) is 7.01. The third-order valence-corrected chi connectivity index (χ3v) is 8.19. The number of amides is 1. The lowest BCUT2D eigenvalue weighted by molar-refractivity contribution is -0.124. The zero-order chi connectivity index (χ0) is 25.1. The first-order chi connectivity index (χ1) is 17.5. The topological polar surface area (TPSA) is 40.6 Å². The van der Waals surface area contributed by atoms with Gasteiger partial charge in [0.2, 0.25) is 0 Å². The van der Waals surface area contributed by atoms with E-state index in [1.165, 1.54) is 23.3 Å². The number of benzene rings is 3. The standard InChI is InChI=1S/C31H33FN2O2/c1-23(35)31(26-8-3-2-4-9-26)17-21-33(22-18-31)19-16-29-28-10-6-5-7-24(28)15-20-34(29)30(36)25-11-13-27(32)14-12-25/h2-14,29H,15-22H2,1H3. The van der Waals surface area contributed by atoms with E-state index in [2.05, 4.69) is 35.2 Å². The van der Waals surface area contributed by atoms with E-state index >= 15 is 0 Å². The van der Waals surface area contributed by atoms with Gasteiger partial charge in [0.15, 0.2) is 0 Å². The van der Waals surface area contributed by atoms with Crippen LogP contribution in [0.5, 0.6) is 0 Å². The molecular formula is C31H33FN2O2. The van der Waals surface area contributed by atoms with Crippen LogP contribution in [0.25, 0.3) is 0 Å². The summed E-state index contributed by atoms with van der Waals surface area (Å²) in [5, 5.41) is 0. The number of hydrogen-bond acceptors (Lipinski definition) is 3. The SMILES string of the molecule is CC(=O)C1(c2ccccc2)CCN(CCC2c3ccccc3CCN2C(=O)c2ccc(F)cc2)CC1. The first kappa shape index (κ1) is 24.4. The van der Waals surface area contributed by atoms with Crippen molar-refractivity contribution < 1.29 is 14.0 Å². The highest BCUT2D eigenvalue weighted by Crippen LogP contribution is 2.38. The molecule has 3 aromatic rings. The molecule has 0 spiro atoms. The Labute approximate surface area is 212 Å². The molecular weight excluding hydrogens is 451 g/mol. The number of ketones is 1. The van der Waals surface area contributed by atoms with E-state index in [0.29, 0.717) is 12.1 Å². The molecule has 0 radical (unpaired) electrons. The monoisotopic (exact) mass is 484 g/mol. The highest BCUT2D eigenvalue weighted by molar-refractivity contribution is 5.94. The highest BCUT2D eigenvalue weighted by Gasteiger charge is 2.40. The third kappa shape index (κ3) is 4.72. The number of likely N-dealkylation sites (tertiary alicyclic amines) is 1. The maximum atomic E-state index is 13.5. The molecule has 4 nitrogen and oxygen atoms in total. The molecule has 3 aromatic carbocycles. The van der Waals surface area contributed by atoms with Crippen molar-refractivity contribution in [3.8, 4) is 0 Å². The molecule has 2 aliphatic rings. The molecule has 2 aliphatic heterocycles. The number of hydrogen-bond donors (Lipinski definition) is 0. The Hall–Kier alpha value is -3.31. The number of rotatable bonds is 6.